The highest BCUT2D eigenvalue weighted by Crippen LogP contribution is 2.40. The molecule has 3 heterocycles. The summed E-state index contributed by atoms with van der Waals surface area (Å²) in [6, 6.07) is 7.98. The first kappa shape index (κ1) is 15.5. The average Bonchev–Trinajstić information content (AvgIpc) is 3.12. The van der Waals surface area contributed by atoms with Crippen molar-refractivity contribution < 1.29 is 29.0 Å². The molecule has 0 aliphatic carbocycles. The maximum absolute atomic E-state index is 10.7. The van der Waals surface area contributed by atoms with Crippen LogP contribution in [-0.2, 0) is 0 Å². The largest absolute Gasteiger partial charge is 0.493 e. The van der Waals surface area contributed by atoms with Gasteiger partial charge in [0.25, 0.3) is 0 Å². The molecule has 2 aromatic rings. The third-order valence-electron chi connectivity index (χ3n) is 5.39. The Morgan fingerprint density at radius 3 is 2.58 bits per heavy atom. The average molecular weight is 354 g/mol. The van der Waals surface area contributed by atoms with E-state index in [2.05, 4.69) is 12.3 Å². The van der Waals surface area contributed by atoms with Gasteiger partial charge in [0.2, 0.25) is 6.79 Å². The highest BCUT2D eigenvalue weighted by atomic mass is 16.7. The number of benzene rings is 2. The molecule has 0 amide bonds. The summed E-state index contributed by atoms with van der Waals surface area (Å²) in [6.07, 6.45) is 3.78. The van der Waals surface area contributed by atoms with E-state index in [4.69, 9.17) is 18.9 Å². The van der Waals surface area contributed by atoms with Gasteiger partial charge in [0.15, 0.2) is 23.0 Å². The zero-order valence-corrected chi connectivity index (χ0v) is 14.6. The molecule has 0 bridgehead atoms. The van der Waals surface area contributed by atoms with Crippen LogP contribution >= 0.6 is 0 Å². The van der Waals surface area contributed by atoms with Crippen molar-refractivity contribution in [2.24, 2.45) is 0 Å². The van der Waals surface area contributed by atoms with E-state index in [0.717, 1.165) is 38.0 Å². The van der Waals surface area contributed by atoms with Gasteiger partial charge in [-0.1, -0.05) is 6.07 Å². The minimum absolute atomic E-state index is 0.105. The first-order chi connectivity index (χ1) is 12.7. The van der Waals surface area contributed by atoms with E-state index < -0.39 is 6.10 Å². The van der Waals surface area contributed by atoms with Crippen molar-refractivity contribution in [2.45, 2.75) is 12.1 Å². The summed E-state index contributed by atoms with van der Waals surface area (Å²) in [6.45, 7) is 0.804. The lowest BCUT2D eigenvalue weighted by Crippen LogP contribution is -3.09. The van der Waals surface area contributed by atoms with Crippen LogP contribution in [0.1, 0.15) is 23.3 Å². The highest BCUT2D eigenvalue weighted by Gasteiger charge is 2.37. The van der Waals surface area contributed by atoms with Gasteiger partial charge in [-0.25, -0.2) is 0 Å². The number of methoxy groups -OCH3 is 2. The zero-order chi connectivity index (χ0) is 17.8. The van der Waals surface area contributed by atoms with Crippen LogP contribution in [0.25, 0.3) is 12.3 Å². The lowest BCUT2D eigenvalue weighted by Gasteiger charge is -2.34. The molecule has 3 aliphatic rings. The van der Waals surface area contributed by atoms with Gasteiger partial charge < -0.3 is 24.1 Å². The minimum Gasteiger partial charge on any atom is -0.493 e. The number of hydrogen-bond donors (Lipinski definition) is 2. The van der Waals surface area contributed by atoms with Crippen LogP contribution in [0.5, 0.6) is 23.0 Å². The van der Waals surface area contributed by atoms with Crippen LogP contribution in [0.2, 0.25) is 0 Å². The summed E-state index contributed by atoms with van der Waals surface area (Å²) >= 11 is 0. The summed E-state index contributed by atoms with van der Waals surface area (Å²) in [5.74, 6) is 2.87. The van der Waals surface area contributed by atoms with Crippen LogP contribution < -0.4 is 34.3 Å². The molecule has 0 saturated carbocycles. The first-order valence-corrected chi connectivity index (χ1v) is 8.61. The standard InChI is InChI=1S/C20H19NO5/c1-23-17-4-3-11-5-15-12-6-18-19(26-10-25-18)7-13(12)16(22)9-21(15)8-14(11)20(17)24-2/h3-8,15-16,22H,9-10H2,1-2H3/p+1/t15?,16-/m0/s1. The molecule has 0 saturated heterocycles. The first-order valence-electron chi connectivity index (χ1n) is 8.61. The fourth-order valence-electron chi connectivity index (χ4n) is 4.16. The van der Waals surface area contributed by atoms with Crippen molar-refractivity contribution >= 4 is 12.3 Å². The molecule has 2 aromatic carbocycles. The summed E-state index contributed by atoms with van der Waals surface area (Å²) in [5, 5.41) is 12.8. The predicted octanol–water partition coefficient (Wildman–Crippen LogP) is -0.362. The Labute approximate surface area is 150 Å². The number of hydrogen-bond acceptors (Lipinski definition) is 5. The van der Waals surface area contributed by atoms with Crippen LogP contribution in [0, 0.1) is 0 Å². The van der Waals surface area contributed by atoms with E-state index in [0.29, 0.717) is 18.0 Å². The second-order valence-corrected chi connectivity index (χ2v) is 6.72. The molecule has 3 aliphatic heterocycles. The van der Waals surface area contributed by atoms with Crippen LogP contribution in [-0.4, -0.2) is 32.7 Å². The number of ether oxygens (including phenoxy) is 4. The summed E-state index contributed by atoms with van der Waals surface area (Å²) in [5.41, 5.74) is 1.98. The molecule has 0 aromatic heterocycles. The van der Waals surface area contributed by atoms with Crippen molar-refractivity contribution in [2.75, 3.05) is 27.6 Å². The van der Waals surface area contributed by atoms with Crippen molar-refractivity contribution in [3.63, 3.8) is 0 Å². The molecule has 6 heteroatoms. The number of aliphatic hydroxyl groups is 1. The van der Waals surface area contributed by atoms with Crippen LogP contribution in [0.3, 0.4) is 0 Å². The van der Waals surface area contributed by atoms with E-state index in [-0.39, 0.29) is 12.8 Å². The molecular weight excluding hydrogens is 334 g/mol. The lowest BCUT2D eigenvalue weighted by atomic mass is 9.88. The number of rotatable bonds is 2. The SMILES string of the molecule is COc1ccc2c(c1OC)=C[NH+]1C[C@H](O)c3cc4c(cc3C1C=2)OCO4. The van der Waals surface area contributed by atoms with E-state index in [9.17, 15) is 5.11 Å². The molecule has 134 valence electrons. The van der Waals surface area contributed by atoms with Gasteiger partial charge in [0.1, 0.15) is 24.9 Å². The van der Waals surface area contributed by atoms with Crippen molar-refractivity contribution in [1.82, 2.24) is 0 Å². The minimum atomic E-state index is -0.562. The van der Waals surface area contributed by atoms with Crippen LogP contribution in [0.4, 0.5) is 0 Å². The third-order valence-corrected chi connectivity index (χ3v) is 5.39. The molecular formula is C20H20NO5+. The van der Waals surface area contributed by atoms with Gasteiger partial charge in [0.05, 0.1) is 19.4 Å². The van der Waals surface area contributed by atoms with Crippen molar-refractivity contribution in [3.05, 3.63) is 45.8 Å². The van der Waals surface area contributed by atoms with Crippen LogP contribution in [0.15, 0.2) is 24.3 Å². The van der Waals surface area contributed by atoms with Gasteiger partial charge in [-0.05, 0) is 35.1 Å². The maximum Gasteiger partial charge on any atom is 0.231 e. The van der Waals surface area contributed by atoms with Gasteiger partial charge in [-0.15, -0.1) is 0 Å². The third kappa shape index (κ3) is 2.12. The Bertz CT molecular complexity index is 1020. The number of nitrogens with one attached hydrogen (secondary N) is 1. The lowest BCUT2D eigenvalue weighted by molar-refractivity contribution is -0.849. The fourth-order valence-corrected chi connectivity index (χ4v) is 4.16. The van der Waals surface area contributed by atoms with Crippen molar-refractivity contribution in [1.29, 1.82) is 0 Å². The summed E-state index contributed by atoms with van der Waals surface area (Å²) in [7, 11) is 3.28. The smallest absolute Gasteiger partial charge is 0.231 e. The number of quaternary nitrogens is 1. The van der Waals surface area contributed by atoms with E-state index in [1.165, 1.54) is 0 Å². The molecule has 26 heavy (non-hydrogen) atoms. The van der Waals surface area contributed by atoms with Gasteiger partial charge >= 0.3 is 0 Å². The maximum atomic E-state index is 10.7. The molecule has 6 nitrogen and oxygen atoms in total. The molecule has 5 rings (SSSR count). The normalized spacial score (nSPS) is 24.5. The molecule has 2 unspecified atom stereocenters. The molecule has 0 radical (unpaired) electrons. The van der Waals surface area contributed by atoms with E-state index in [1.807, 2.05) is 24.3 Å². The van der Waals surface area contributed by atoms with Gasteiger partial charge in [-0.3, -0.25) is 4.90 Å². The Kier molecular flexibility index (Phi) is 3.38. The quantitative estimate of drug-likeness (QED) is 0.771. The molecule has 3 atom stereocenters. The predicted molar refractivity (Wildman–Crippen MR) is 93.8 cm³/mol. The molecule has 0 spiro atoms. The second kappa shape index (κ2) is 5.65. The monoisotopic (exact) mass is 354 g/mol. The van der Waals surface area contributed by atoms with Crippen molar-refractivity contribution in [3.8, 4) is 23.0 Å². The topological polar surface area (TPSA) is 61.6 Å². The number of fused-ring (bicyclic) bond motifs is 5. The Morgan fingerprint density at radius 1 is 1.08 bits per heavy atom. The molecule has 2 N–H and O–H groups in total. The molecule has 0 fully saturated rings. The second-order valence-electron chi connectivity index (χ2n) is 6.72. The van der Waals surface area contributed by atoms with Gasteiger partial charge in [-0.2, -0.15) is 0 Å². The van der Waals surface area contributed by atoms with E-state index >= 15 is 0 Å². The number of aliphatic hydroxyl groups excluding tert-OH is 1. The van der Waals surface area contributed by atoms with E-state index in [1.54, 1.807) is 14.2 Å². The zero-order valence-electron chi connectivity index (χ0n) is 14.6. The Hall–Kier alpha value is -2.70. The highest BCUT2D eigenvalue weighted by molar-refractivity contribution is 5.56. The summed E-state index contributed by atoms with van der Waals surface area (Å²) < 4.78 is 22.0. The Balaban J connectivity index is 1.71. The van der Waals surface area contributed by atoms with Gasteiger partial charge in [0, 0.05) is 5.56 Å². The Morgan fingerprint density at radius 2 is 1.85 bits per heavy atom. The fraction of sp³-hybridized carbons (Fsp3) is 0.300. The summed E-state index contributed by atoms with van der Waals surface area (Å²) in [4.78, 5) is 1.16.